The van der Waals surface area contributed by atoms with Crippen LogP contribution in [0.25, 0.3) is 0 Å². The molecule has 0 unspecified atom stereocenters. The predicted molar refractivity (Wildman–Crippen MR) is 133 cm³/mol. The van der Waals surface area contributed by atoms with Gasteiger partial charge in [-0.1, -0.05) is 67.9 Å². The molecule has 0 atom stereocenters. The molecule has 32 heavy (non-hydrogen) atoms. The summed E-state index contributed by atoms with van der Waals surface area (Å²) in [5.74, 6) is -0.122. The van der Waals surface area contributed by atoms with E-state index < -0.39 is 0 Å². The molecule has 5 nitrogen and oxygen atoms in total. The van der Waals surface area contributed by atoms with Crippen LogP contribution in [0.2, 0.25) is 0 Å². The Kier molecular flexibility index (Phi) is 11.6. The molecule has 0 aliphatic carbocycles. The third-order valence-electron chi connectivity index (χ3n) is 4.76. The second-order valence-electron chi connectivity index (χ2n) is 7.61. The Hall–Kier alpha value is -3.15. The number of amides is 1. The summed E-state index contributed by atoms with van der Waals surface area (Å²) in [5, 5.41) is 2.88. The molecule has 0 spiro atoms. The summed E-state index contributed by atoms with van der Waals surface area (Å²) in [4.78, 5) is 11.9. The standard InChI is InChI=1S/C19H23NO2.C8H12N2/c1-2-3-8-16-11-7-12-18(13-16)20-19(21)15-22-14-17-9-5-4-6-10-17;9-5-4-7-2-1-3-8(10)6-7/h4-7,9-13H,2-3,8,14-15H2,1H3,(H,20,21);1-3,6H,4-5,9-10H2. The highest BCUT2D eigenvalue weighted by atomic mass is 16.5. The van der Waals surface area contributed by atoms with Crippen molar-refractivity contribution in [1.82, 2.24) is 0 Å². The zero-order valence-electron chi connectivity index (χ0n) is 18.9. The van der Waals surface area contributed by atoms with Gasteiger partial charge in [0.15, 0.2) is 0 Å². The van der Waals surface area contributed by atoms with Gasteiger partial charge in [-0.3, -0.25) is 4.79 Å². The van der Waals surface area contributed by atoms with Gasteiger partial charge in [0.25, 0.3) is 0 Å². The van der Waals surface area contributed by atoms with Crippen LogP contribution < -0.4 is 16.8 Å². The fraction of sp³-hybridized carbons (Fsp3) is 0.296. The van der Waals surface area contributed by atoms with Gasteiger partial charge in [-0.15, -0.1) is 0 Å². The molecule has 0 aliphatic rings. The van der Waals surface area contributed by atoms with Crippen molar-refractivity contribution in [2.75, 3.05) is 24.2 Å². The van der Waals surface area contributed by atoms with Gasteiger partial charge in [-0.25, -0.2) is 0 Å². The molecule has 3 rings (SSSR count). The lowest BCUT2D eigenvalue weighted by Gasteiger charge is -2.08. The fourth-order valence-corrected chi connectivity index (χ4v) is 3.13. The second-order valence-corrected chi connectivity index (χ2v) is 7.61. The number of ether oxygens (including phenoxy) is 1. The first-order valence-electron chi connectivity index (χ1n) is 11.2. The van der Waals surface area contributed by atoms with E-state index in [0.29, 0.717) is 13.2 Å². The van der Waals surface area contributed by atoms with E-state index in [2.05, 4.69) is 18.3 Å². The number of unbranched alkanes of at least 4 members (excludes halogenated alkanes) is 1. The summed E-state index contributed by atoms with van der Waals surface area (Å²) in [5.41, 5.74) is 16.1. The maximum atomic E-state index is 11.9. The van der Waals surface area contributed by atoms with Crippen LogP contribution in [0.5, 0.6) is 0 Å². The number of hydrogen-bond acceptors (Lipinski definition) is 4. The van der Waals surface area contributed by atoms with Crippen LogP contribution in [0.4, 0.5) is 11.4 Å². The first-order chi connectivity index (χ1) is 15.6. The van der Waals surface area contributed by atoms with Crippen molar-refractivity contribution in [2.24, 2.45) is 5.73 Å². The Morgan fingerprint density at radius 3 is 2.25 bits per heavy atom. The Labute approximate surface area is 191 Å². The smallest absolute Gasteiger partial charge is 0.250 e. The molecule has 0 aliphatic heterocycles. The molecule has 0 fully saturated rings. The van der Waals surface area contributed by atoms with E-state index >= 15 is 0 Å². The van der Waals surface area contributed by atoms with Crippen LogP contribution >= 0.6 is 0 Å². The highest BCUT2D eigenvalue weighted by Gasteiger charge is 2.04. The molecule has 3 aromatic carbocycles. The number of carbonyl (C=O) groups excluding carboxylic acids is 1. The molecule has 0 bridgehead atoms. The van der Waals surface area contributed by atoms with Gasteiger partial charge >= 0.3 is 0 Å². The van der Waals surface area contributed by atoms with Gasteiger partial charge in [-0.05, 0) is 66.8 Å². The molecule has 3 aromatic rings. The van der Waals surface area contributed by atoms with Crippen LogP contribution in [-0.4, -0.2) is 19.1 Å². The van der Waals surface area contributed by atoms with Crippen LogP contribution in [0.3, 0.4) is 0 Å². The summed E-state index contributed by atoms with van der Waals surface area (Å²) < 4.78 is 5.44. The van der Waals surface area contributed by atoms with Gasteiger partial charge in [0, 0.05) is 11.4 Å². The topological polar surface area (TPSA) is 90.4 Å². The van der Waals surface area contributed by atoms with E-state index in [0.717, 1.165) is 36.2 Å². The van der Waals surface area contributed by atoms with Crippen molar-refractivity contribution in [3.8, 4) is 0 Å². The number of nitrogen functional groups attached to an aromatic ring is 1. The molecule has 0 saturated carbocycles. The molecule has 5 N–H and O–H groups in total. The van der Waals surface area contributed by atoms with Gasteiger partial charge in [0.1, 0.15) is 6.61 Å². The molecule has 5 heteroatoms. The summed E-state index contributed by atoms with van der Waals surface area (Å²) in [6.45, 7) is 3.37. The van der Waals surface area contributed by atoms with E-state index in [9.17, 15) is 4.79 Å². The zero-order chi connectivity index (χ0) is 23.0. The number of anilines is 2. The monoisotopic (exact) mass is 433 g/mol. The zero-order valence-corrected chi connectivity index (χ0v) is 18.9. The van der Waals surface area contributed by atoms with Crippen LogP contribution in [-0.2, 0) is 29.0 Å². The molecular formula is C27H35N3O2. The van der Waals surface area contributed by atoms with E-state index in [4.69, 9.17) is 16.2 Å². The SMILES string of the molecule is CCCCc1cccc(NC(=O)COCc2ccccc2)c1.NCCc1cccc(N)c1. The van der Waals surface area contributed by atoms with E-state index in [1.165, 1.54) is 17.5 Å². The van der Waals surface area contributed by atoms with E-state index in [-0.39, 0.29) is 12.5 Å². The summed E-state index contributed by atoms with van der Waals surface area (Å²) in [6.07, 6.45) is 4.29. The maximum Gasteiger partial charge on any atom is 0.250 e. The quantitative estimate of drug-likeness (QED) is 0.394. The lowest BCUT2D eigenvalue weighted by molar-refractivity contribution is -0.121. The minimum Gasteiger partial charge on any atom is -0.399 e. The Bertz CT molecular complexity index is 929. The van der Waals surface area contributed by atoms with Gasteiger partial charge < -0.3 is 21.5 Å². The maximum absolute atomic E-state index is 11.9. The third-order valence-corrected chi connectivity index (χ3v) is 4.76. The van der Waals surface area contributed by atoms with Crippen molar-refractivity contribution in [3.63, 3.8) is 0 Å². The lowest BCUT2D eigenvalue weighted by Crippen LogP contribution is -2.18. The third kappa shape index (κ3) is 10.2. The summed E-state index contributed by atoms with van der Waals surface area (Å²) in [6, 6.07) is 25.7. The average molecular weight is 434 g/mol. The van der Waals surface area contributed by atoms with Gasteiger partial charge in [0.2, 0.25) is 5.91 Å². The molecule has 1 amide bonds. The number of carbonyl (C=O) groups is 1. The van der Waals surface area contributed by atoms with E-state index in [1.54, 1.807) is 0 Å². The molecule has 0 radical (unpaired) electrons. The predicted octanol–water partition coefficient (Wildman–Crippen LogP) is 4.95. The number of nitrogens with one attached hydrogen (secondary N) is 1. The summed E-state index contributed by atoms with van der Waals surface area (Å²) in [7, 11) is 0. The van der Waals surface area contributed by atoms with Crippen molar-refractivity contribution >= 4 is 17.3 Å². The Morgan fingerprint density at radius 2 is 1.56 bits per heavy atom. The first kappa shape index (κ1) is 25.1. The second kappa shape index (κ2) is 14.8. The summed E-state index contributed by atoms with van der Waals surface area (Å²) >= 11 is 0. The Morgan fingerprint density at radius 1 is 0.875 bits per heavy atom. The van der Waals surface area contributed by atoms with Crippen LogP contribution in [0.15, 0.2) is 78.9 Å². The van der Waals surface area contributed by atoms with Gasteiger partial charge in [0.05, 0.1) is 6.61 Å². The number of benzene rings is 3. The molecule has 170 valence electrons. The fourth-order valence-electron chi connectivity index (χ4n) is 3.13. The number of hydrogen-bond donors (Lipinski definition) is 3. The molecule has 0 heterocycles. The Balaban J connectivity index is 0.000000303. The molecule has 0 aromatic heterocycles. The minimum absolute atomic E-state index is 0.0636. The highest BCUT2D eigenvalue weighted by Crippen LogP contribution is 2.13. The number of aryl methyl sites for hydroxylation is 1. The van der Waals surface area contributed by atoms with Crippen molar-refractivity contribution < 1.29 is 9.53 Å². The van der Waals surface area contributed by atoms with Crippen molar-refractivity contribution in [1.29, 1.82) is 0 Å². The van der Waals surface area contributed by atoms with Gasteiger partial charge in [-0.2, -0.15) is 0 Å². The number of nitrogens with two attached hydrogens (primary N) is 2. The largest absolute Gasteiger partial charge is 0.399 e. The normalized spacial score (nSPS) is 10.2. The average Bonchev–Trinajstić information content (AvgIpc) is 2.79. The van der Waals surface area contributed by atoms with Crippen molar-refractivity contribution in [3.05, 3.63) is 95.6 Å². The lowest BCUT2D eigenvalue weighted by atomic mass is 10.1. The molecule has 0 saturated heterocycles. The number of rotatable bonds is 10. The van der Waals surface area contributed by atoms with Crippen molar-refractivity contribution in [2.45, 2.75) is 39.2 Å². The van der Waals surface area contributed by atoms with Crippen LogP contribution in [0, 0.1) is 0 Å². The molecular weight excluding hydrogens is 398 g/mol. The first-order valence-corrected chi connectivity index (χ1v) is 11.2. The van der Waals surface area contributed by atoms with Crippen LogP contribution in [0.1, 0.15) is 36.5 Å². The minimum atomic E-state index is -0.122. The van der Waals surface area contributed by atoms with E-state index in [1.807, 2.05) is 72.8 Å². The highest BCUT2D eigenvalue weighted by molar-refractivity contribution is 5.91.